The Balaban J connectivity index is 3.19. The van der Waals surface area contributed by atoms with Gasteiger partial charge in [0.15, 0.2) is 0 Å². The summed E-state index contributed by atoms with van der Waals surface area (Å²) in [7, 11) is 0. The van der Waals surface area contributed by atoms with Gasteiger partial charge in [0.2, 0.25) is 0 Å². The van der Waals surface area contributed by atoms with Crippen LogP contribution < -0.4 is 0 Å². The predicted molar refractivity (Wildman–Crippen MR) is 55.9 cm³/mol. The summed E-state index contributed by atoms with van der Waals surface area (Å²) in [5, 5.41) is 8.51. The summed E-state index contributed by atoms with van der Waals surface area (Å²) >= 11 is 0. The topological polar surface area (TPSA) is 46.5 Å². The van der Waals surface area contributed by atoms with Crippen LogP contribution in [0.1, 0.15) is 39.0 Å². The van der Waals surface area contributed by atoms with E-state index in [-0.39, 0.29) is 12.6 Å². The predicted octanol–water partition coefficient (Wildman–Crippen LogP) is 2.05. The van der Waals surface area contributed by atoms with Crippen molar-refractivity contribution in [2.24, 2.45) is 0 Å². The fourth-order valence-electron chi connectivity index (χ4n) is 1.04. The van der Waals surface area contributed by atoms with E-state index in [0.717, 1.165) is 25.7 Å². The summed E-state index contributed by atoms with van der Waals surface area (Å²) in [6, 6.07) is 0. The van der Waals surface area contributed by atoms with E-state index in [1.165, 1.54) is 0 Å². The number of unbranched alkanes of at least 4 members (excludes halogenated alkanes) is 2. The third kappa shape index (κ3) is 9.26. The number of carbonyl (C=O) groups is 1. The van der Waals surface area contributed by atoms with E-state index in [9.17, 15) is 4.79 Å². The third-order valence-corrected chi connectivity index (χ3v) is 1.82. The first-order valence-corrected chi connectivity index (χ1v) is 5.19. The second kappa shape index (κ2) is 10.3. The molecule has 0 fully saturated rings. The molecule has 0 amide bonds. The highest BCUT2D eigenvalue weighted by molar-refractivity contribution is 5.69. The molecule has 1 N–H and O–H groups in total. The van der Waals surface area contributed by atoms with Gasteiger partial charge in [0, 0.05) is 13.0 Å². The zero-order chi connectivity index (χ0) is 10.6. The molecule has 0 saturated heterocycles. The highest BCUT2D eigenvalue weighted by atomic mass is 16.5. The highest BCUT2D eigenvalue weighted by Crippen LogP contribution is 2.01. The summed E-state index contributed by atoms with van der Waals surface area (Å²) in [5.41, 5.74) is 0. The monoisotopic (exact) mass is 200 g/mol. The molecule has 0 unspecified atom stereocenters. The SMILES string of the molecule is CC=CCCOC(=O)CCCCCO. The molecule has 3 heteroatoms. The molecular weight excluding hydrogens is 180 g/mol. The van der Waals surface area contributed by atoms with Crippen LogP contribution in [-0.4, -0.2) is 24.3 Å². The first-order chi connectivity index (χ1) is 6.81. The molecule has 0 radical (unpaired) electrons. The Kier molecular flexibility index (Phi) is 9.64. The third-order valence-electron chi connectivity index (χ3n) is 1.82. The van der Waals surface area contributed by atoms with Crippen LogP contribution in [-0.2, 0) is 9.53 Å². The molecule has 0 saturated carbocycles. The van der Waals surface area contributed by atoms with Crippen molar-refractivity contribution >= 4 is 5.97 Å². The van der Waals surface area contributed by atoms with Gasteiger partial charge in [-0.3, -0.25) is 4.79 Å². The van der Waals surface area contributed by atoms with Crippen LogP contribution in [0, 0.1) is 0 Å². The number of carbonyl (C=O) groups excluding carboxylic acids is 1. The summed E-state index contributed by atoms with van der Waals surface area (Å²) < 4.78 is 4.97. The first-order valence-electron chi connectivity index (χ1n) is 5.19. The second-order valence-electron chi connectivity index (χ2n) is 3.11. The van der Waals surface area contributed by atoms with E-state index in [4.69, 9.17) is 9.84 Å². The van der Waals surface area contributed by atoms with Gasteiger partial charge in [0.25, 0.3) is 0 Å². The standard InChI is InChI=1S/C11H20O3/c1-2-3-7-10-14-11(13)8-5-4-6-9-12/h2-3,12H,4-10H2,1H3. The van der Waals surface area contributed by atoms with Crippen LogP contribution >= 0.6 is 0 Å². The lowest BCUT2D eigenvalue weighted by atomic mass is 10.2. The van der Waals surface area contributed by atoms with E-state index in [0.29, 0.717) is 13.0 Å². The average molecular weight is 200 g/mol. The van der Waals surface area contributed by atoms with Gasteiger partial charge in [0.1, 0.15) is 0 Å². The molecule has 0 aliphatic rings. The fourth-order valence-corrected chi connectivity index (χ4v) is 1.04. The summed E-state index contributed by atoms with van der Waals surface area (Å²) in [4.78, 5) is 11.1. The quantitative estimate of drug-likeness (QED) is 0.370. The zero-order valence-electron chi connectivity index (χ0n) is 8.87. The molecule has 0 atom stereocenters. The maximum atomic E-state index is 11.1. The lowest BCUT2D eigenvalue weighted by molar-refractivity contribution is -0.143. The van der Waals surface area contributed by atoms with Crippen molar-refractivity contribution in [2.75, 3.05) is 13.2 Å². The Morgan fingerprint density at radius 2 is 2.14 bits per heavy atom. The number of esters is 1. The van der Waals surface area contributed by atoms with Gasteiger partial charge in [-0.05, 0) is 26.2 Å². The highest BCUT2D eigenvalue weighted by Gasteiger charge is 2.00. The Morgan fingerprint density at radius 3 is 2.79 bits per heavy atom. The molecule has 0 bridgehead atoms. The molecule has 0 rings (SSSR count). The molecule has 0 aromatic rings. The zero-order valence-corrected chi connectivity index (χ0v) is 8.87. The molecule has 0 heterocycles. The van der Waals surface area contributed by atoms with Crippen molar-refractivity contribution < 1.29 is 14.6 Å². The van der Waals surface area contributed by atoms with Crippen molar-refractivity contribution in [1.29, 1.82) is 0 Å². The maximum Gasteiger partial charge on any atom is 0.305 e. The number of ether oxygens (including phenoxy) is 1. The Labute approximate surface area is 85.8 Å². The Hall–Kier alpha value is -0.830. The van der Waals surface area contributed by atoms with Gasteiger partial charge >= 0.3 is 5.97 Å². The fraction of sp³-hybridized carbons (Fsp3) is 0.727. The molecule has 82 valence electrons. The largest absolute Gasteiger partial charge is 0.465 e. The van der Waals surface area contributed by atoms with Gasteiger partial charge in [-0.15, -0.1) is 0 Å². The van der Waals surface area contributed by atoms with Crippen LogP contribution in [0.25, 0.3) is 0 Å². The maximum absolute atomic E-state index is 11.1. The van der Waals surface area contributed by atoms with Gasteiger partial charge in [-0.2, -0.15) is 0 Å². The van der Waals surface area contributed by atoms with Crippen molar-refractivity contribution in [1.82, 2.24) is 0 Å². The van der Waals surface area contributed by atoms with Crippen molar-refractivity contribution in [3.8, 4) is 0 Å². The number of allylic oxidation sites excluding steroid dienone is 1. The molecular formula is C11H20O3. The molecule has 0 aromatic carbocycles. The normalized spacial score (nSPS) is 10.7. The van der Waals surface area contributed by atoms with Gasteiger partial charge in [0.05, 0.1) is 6.61 Å². The minimum Gasteiger partial charge on any atom is -0.465 e. The van der Waals surface area contributed by atoms with E-state index in [1.807, 2.05) is 19.1 Å². The first kappa shape index (κ1) is 13.2. The number of aliphatic hydroxyl groups is 1. The van der Waals surface area contributed by atoms with Crippen molar-refractivity contribution in [3.63, 3.8) is 0 Å². The van der Waals surface area contributed by atoms with Crippen molar-refractivity contribution in [2.45, 2.75) is 39.0 Å². The Morgan fingerprint density at radius 1 is 1.36 bits per heavy atom. The van der Waals surface area contributed by atoms with Gasteiger partial charge < -0.3 is 9.84 Å². The van der Waals surface area contributed by atoms with E-state index in [1.54, 1.807) is 0 Å². The van der Waals surface area contributed by atoms with Gasteiger partial charge in [-0.25, -0.2) is 0 Å². The summed E-state index contributed by atoms with van der Waals surface area (Å²) in [6.45, 7) is 2.62. The lowest BCUT2D eigenvalue weighted by Crippen LogP contribution is -2.05. The van der Waals surface area contributed by atoms with Crippen LogP contribution in [0.15, 0.2) is 12.2 Å². The second-order valence-corrected chi connectivity index (χ2v) is 3.11. The number of rotatable bonds is 8. The smallest absolute Gasteiger partial charge is 0.305 e. The summed E-state index contributed by atoms with van der Waals surface area (Å²) in [5.74, 6) is -0.132. The number of aliphatic hydroxyl groups excluding tert-OH is 1. The van der Waals surface area contributed by atoms with E-state index >= 15 is 0 Å². The molecule has 0 spiro atoms. The van der Waals surface area contributed by atoms with Crippen LogP contribution in [0.5, 0.6) is 0 Å². The number of hydrogen-bond donors (Lipinski definition) is 1. The van der Waals surface area contributed by atoms with Crippen molar-refractivity contribution in [3.05, 3.63) is 12.2 Å². The minimum atomic E-state index is -0.132. The molecule has 14 heavy (non-hydrogen) atoms. The van der Waals surface area contributed by atoms with E-state index < -0.39 is 0 Å². The Bertz CT molecular complexity index is 164. The van der Waals surface area contributed by atoms with Crippen LogP contribution in [0.3, 0.4) is 0 Å². The van der Waals surface area contributed by atoms with E-state index in [2.05, 4.69) is 0 Å². The number of hydrogen-bond acceptors (Lipinski definition) is 3. The van der Waals surface area contributed by atoms with Crippen LogP contribution in [0.4, 0.5) is 0 Å². The lowest BCUT2D eigenvalue weighted by Gasteiger charge is -2.02. The molecule has 0 aromatic heterocycles. The molecule has 0 aliphatic carbocycles. The molecule has 3 nitrogen and oxygen atoms in total. The van der Waals surface area contributed by atoms with Gasteiger partial charge in [-0.1, -0.05) is 18.6 Å². The molecule has 0 aliphatic heterocycles. The average Bonchev–Trinajstić information content (AvgIpc) is 2.19. The van der Waals surface area contributed by atoms with Crippen LogP contribution in [0.2, 0.25) is 0 Å². The summed E-state index contributed by atoms with van der Waals surface area (Å²) in [6.07, 6.45) is 7.64. The minimum absolute atomic E-state index is 0.132.